The van der Waals surface area contributed by atoms with Crippen LogP contribution in [0.15, 0.2) is 28.7 Å². The van der Waals surface area contributed by atoms with Gasteiger partial charge in [0.05, 0.1) is 4.88 Å². The summed E-state index contributed by atoms with van der Waals surface area (Å²) < 4.78 is 14.0. The van der Waals surface area contributed by atoms with E-state index in [1.54, 1.807) is 17.4 Å². The van der Waals surface area contributed by atoms with Crippen molar-refractivity contribution in [1.82, 2.24) is 0 Å². The van der Waals surface area contributed by atoms with E-state index in [1.165, 1.54) is 35.4 Å². The molecule has 1 heterocycles. The Morgan fingerprint density at radius 2 is 2.00 bits per heavy atom. The standard InChI is InChI=1S/C16H14BrFOS/c17-12-5-10(6-13(18)9-12)7-14(19)16-8-11-3-1-2-4-15(11)20-16/h5-6,8-9H,1-4,7H2. The molecule has 0 spiro atoms. The third-order valence-corrected chi connectivity index (χ3v) is 5.29. The molecule has 0 atom stereocenters. The molecule has 1 aromatic heterocycles. The molecular weight excluding hydrogens is 339 g/mol. The highest BCUT2D eigenvalue weighted by Gasteiger charge is 2.17. The maximum atomic E-state index is 13.3. The average molecular weight is 353 g/mol. The van der Waals surface area contributed by atoms with Crippen LogP contribution in [-0.2, 0) is 19.3 Å². The fourth-order valence-electron chi connectivity index (χ4n) is 2.61. The van der Waals surface area contributed by atoms with Crippen molar-refractivity contribution < 1.29 is 9.18 Å². The van der Waals surface area contributed by atoms with Gasteiger partial charge in [-0.15, -0.1) is 11.3 Å². The van der Waals surface area contributed by atoms with Crippen molar-refractivity contribution in [3.05, 3.63) is 55.4 Å². The van der Waals surface area contributed by atoms with E-state index in [4.69, 9.17) is 0 Å². The Labute approximate surface area is 130 Å². The number of carbonyl (C=O) groups is 1. The van der Waals surface area contributed by atoms with Crippen LogP contribution in [0.4, 0.5) is 4.39 Å². The van der Waals surface area contributed by atoms with Gasteiger partial charge in [-0.05, 0) is 61.1 Å². The number of aryl methyl sites for hydroxylation is 2. The molecule has 20 heavy (non-hydrogen) atoms. The minimum atomic E-state index is -0.312. The zero-order chi connectivity index (χ0) is 14.1. The van der Waals surface area contributed by atoms with Gasteiger partial charge in [-0.25, -0.2) is 4.39 Å². The van der Waals surface area contributed by atoms with Gasteiger partial charge in [0.1, 0.15) is 5.82 Å². The number of Topliss-reactive ketones (excluding diaryl/α,β-unsaturated/α-hetero) is 1. The van der Waals surface area contributed by atoms with Crippen molar-refractivity contribution in [2.45, 2.75) is 32.1 Å². The van der Waals surface area contributed by atoms with Crippen LogP contribution in [0.3, 0.4) is 0 Å². The second kappa shape index (κ2) is 5.78. The third-order valence-electron chi connectivity index (χ3n) is 3.56. The van der Waals surface area contributed by atoms with Gasteiger partial charge in [0.25, 0.3) is 0 Å². The minimum Gasteiger partial charge on any atom is -0.293 e. The number of thiophene rings is 1. The number of carbonyl (C=O) groups excluding carboxylic acids is 1. The summed E-state index contributed by atoms with van der Waals surface area (Å²) >= 11 is 4.87. The number of fused-ring (bicyclic) bond motifs is 1. The van der Waals surface area contributed by atoms with E-state index >= 15 is 0 Å². The van der Waals surface area contributed by atoms with Gasteiger partial charge in [-0.3, -0.25) is 4.79 Å². The van der Waals surface area contributed by atoms with Crippen molar-refractivity contribution in [3.8, 4) is 0 Å². The van der Waals surface area contributed by atoms with Gasteiger partial charge in [0, 0.05) is 15.8 Å². The maximum Gasteiger partial charge on any atom is 0.177 e. The number of hydrogen-bond donors (Lipinski definition) is 0. The van der Waals surface area contributed by atoms with Crippen LogP contribution in [0, 0.1) is 5.82 Å². The summed E-state index contributed by atoms with van der Waals surface area (Å²) in [5, 5.41) is 0. The van der Waals surface area contributed by atoms with Crippen molar-refractivity contribution in [3.63, 3.8) is 0 Å². The average Bonchev–Trinajstić information content (AvgIpc) is 2.81. The SMILES string of the molecule is O=C(Cc1cc(F)cc(Br)c1)c1cc2c(s1)CCCC2. The summed E-state index contributed by atoms with van der Waals surface area (Å²) in [4.78, 5) is 14.5. The van der Waals surface area contributed by atoms with Gasteiger partial charge in [-0.2, -0.15) is 0 Å². The Hall–Kier alpha value is -1.00. The van der Waals surface area contributed by atoms with Gasteiger partial charge < -0.3 is 0 Å². The Balaban J connectivity index is 1.80. The normalized spacial score (nSPS) is 14.1. The molecule has 4 heteroatoms. The first-order valence-corrected chi connectivity index (χ1v) is 8.32. The Bertz CT molecular complexity index is 619. The highest BCUT2D eigenvalue weighted by molar-refractivity contribution is 9.10. The number of ketones is 1. The van der Waals surface area contributed by atoms with E-state index in [0.717, 1.165) is 17.7 Å². The molecular formula is C16H14BrFOS. The lowest BCUT2D eigenvalue weighted by Crippen LogP contribution is -2.01. The predicted molar refractivity (Wildman–Crippen MR) is 83.1 cm³/mol. The molecule has 1 aromatic carbocycles. The molecule has 1 aliphatic carbocycles. The molecule has 0 saturated carbocycles. The van der Waals surface area contributed by atoms with Crippen LogP contribution >= 0.6 is 27.3 Å². The second-order valence-electron chi connectivity index (χ2n) is 5.14. The van der Waals surface area contributed by atoms with Crippen LogP contribution < -0.4 is 0 Å². The largest absolute Gasteiger partial charge is 0.293 e. The topological polar surface area (TPSA) is 17.1 Å². The second-order valence-corrected chi connectivity index (χ2v) is 7.20. The van der Waals surface area contributed by atoms with E-state index in [2.05, 4.69) is 15.9 Å². The highest BCUT2D eigenvalue weighted by atomic mass is 79.9. The third kappa shape index (κ3) is 3.01. The van der Waals surface area contributed by atoms with Crippen LogP contribution in [0.2, 0.25) is 0 Å². The van der Waals surface area contributed by atoms with Crippen LogP contribution in [0.25, 0.3) is 0 Å². The van der Waals surface area contributed by atoms with Gasteiger partial charge in [-0.1, -0.05) is 15.9 Å². The maximum absolute atomic E-state index is 13.3. The molecule has 0 bridgehead atoms. The summed E-state index contributed by atoms with van der Waals surface area (Å²) in [7, 11) is 0. The van der Waals surface area contributed by atoms with Gasteiger partial charge in [0.2, 0.25) is 0 Å². The lowest BCUT2D eigenvalue weighted by molar-refractivity contribution is 0.0996. The molecule has 2 aromatic rings. The first kappa shape index (κ1) is 14.0. The monoisotopic (exact) mass is 352 g/mol. The van der Waals surface area contributed by atoms with Crippen molar-refractivity contribution >= 4 is 33.0 Å². The minimum absolute atomic E-state index is 0.0851. The van der Waals surface area contributed by atoms with Crippen LogP contribution in [0.1, 0.15) is 38.5 Å². The summed E-state index contributed by atoms with van der Waals surface area (Å²) in [5.41, 5.74) is 2.05. The molecule has 104 valence electrons. The molecule has 0 aliphatic heterocycles. The van der Waals surface area contributed by atoms with E-state index in [-0.39, 0.29) is 18.0 Å². The molecule has 0 amide bonds. The predicted octanol–water partition coefficient (Wildman–Crippen LogP) is 4.95. The Kier molecular flexibility index (Phi) is 4.03. The Morgan fingerprint density at radius 3 is 2.75 bits per heavy atom. The van der Waals surface area contributed by atoms with E-state index < -0.39 is 0 Å². The molecule has 0 unspecified atom stereocenters. The molecule has 0 fully saturated rings. The highest BCUT2D eigenvalue weighted by Crippen LogP contribution is 2.30. The van der Waals surface area contributed by atoms with Crippen molar-refractivity contribution in [1.29, 1.82) is 0 Å². The fraction of sp³-hybridized carbons (Fsp3) is 0.312. The van der Waals surface area contributed by atoms with Crippen LogP contribution in [-0.4, -0.2) is 5.78 Å². The number of benzene rings is 1. The van der Waals surface area contributed by atoms with E-state index in [9.17, 15) is 9.18 Å². The first-order valence-electron chi connectivity index (χ1n) is 6.71. The summed E-state index contributed by atoms with van der Waals surface area (Å²) in [6, 6.07) is 6.67. The van der Waals surface area contributed by atoms with Gasteiger partial charge in [0.15, 0.2) is 5.78 Å². The number of hydrogen-bond acceptors (Lipinski definition) is 2. The van der Waals surface area contributed by atoms with Crippen molar-refractivity contribution in [2.24, 2.45) is 0 Å². The summed E-state index contributed by atoms with van der Waals surface area (Å²) in [5.74, 6) is -0.227. The van der Waals surface area contributed by atoms with Crippen LogP contribution in [0.5, 0.6) is 0 Å². The molecule has 1 aliphatic rings. The quantitative estimate of drug-likeness (QED) is 0.714. The fourth-order valence-corrected chi connectivity index (χ4v) is 4.32. The zero-order valence-electron chi connectivity index (χ0n) is 10.9. The zero-order valence-corrected chi connectivity index (χ0v) is 13.3. The molecule has 0 saturated heterocycles. The van der Waals surface area contributed by atoms with E-state index in [0.29, 0.717) is 10.0 Å². The van der Waals surface area contributed by atoms with Gasteiger partial charge >= 0.3 is 0 Å². The smallest absolute Gasteiger partial charge is 0.177 e. The Morgan fingerprint density at radius 1 is 1.20 bits per heavy atom. The number of halogens is 2. The molecule has 3 rings (SSSR count). The lowest BCUT2D eigenvalue weighted by atomic mass is 9.98. The molecule has 0 radical (unpaired) electrons. The number of rotatable bonds is 3. The first-order chi connectivity index (χ1) is 9.61. The summed E-state index contributed by atoms with van der Waals surface area (Å²) in [6.07, 6.45) is 4.88. The lowest BCUT2D eigenvalue weighted by Gasteiger charge is -2.08. The van der Waals surface area contributed by atoms with Crippen molar-refractivity contribution in [2.75, 3.05) is 0 Å². The van der Waals surface area contributed by atoms with E-state index in [1.807, 2.05) is 6.07 Å². The summed E-state index contributed by atoms with van der Waals surface area (Å²) in [6.45, 7) is 0. The molecule has 1 nitrogen and oxygen atoms in total. The molecule has 0 N–H and O–H groups in total.